The number of ether oxygens (including phenoxy) is 3. The molecule has 4 nitrogen and oxygen atoms in total. The van der Waals surface area contributed by atoms with Crippen LogP contribution in [0.15, 0.2) is 16.6 Å². The van der Waals surface area contributed by atoms with Gasteiger partial charge in [-0.05, 0) is 53.7 Å². The number of rotatable bonds is 6. The summed E-state index contributed by atoms with van der Waals surface area (Å²) in [5.74, 6) is 1.27. The minimum Gasteiger partial charge on any atom is -0.493 e. The van der Waals surface area contributed by atoms with Crippen molar-refractivity contribution < 1.29 is 19.0 Å². The van der Waals surface area contributed by atoms with Crippen molar-refractivity contribution in [2.75, 3.05) is 20.8 Å². The Labute approximate surface area is 133 Å². The maximum absolute atomic E-state index is 12.4. The molecular formula is C16H21BrO4. The highest BCUT2D eigenvalue weighted by Gasteiger charge is 2.19. The number of benzene rings is 1. The third-order valence-electron chi connectivity index (χ3n) is 3.74. The molecule has 116 valence electrons. The van der Waals surface area contributed by atoms with Crippen molar-refractivity contribution in [3.63, 3.8) is 0 Å². The highest BCUT2D eigenvalue weighted by Crippen LogP contribution is 2.34. The lowest BCUT2D eigenvalue weighted by atomic mass is 10.00. The second-order valence-corrected chi connectivity index (χ2v) is 5.99. The van der Waals surface area contributed by atoms with Gasteiger partial charge >= 0.3 is 0 Å². The van der Waals surface area contributed by atoms with E-state index in [2.05, 4.69) is 15.9 Å². The molecule has 0 N–H and O–H groups in total. The molecular weight excluding hydrogens is 336 g/mol. The van der Waals surface area contributed by atoms with Crippen molar-refractivity contribution in [2.24, 2.45) is 0 Å². The molecule has 1 heterocycles. The van der Waals surface area contributed by atoms with Crippen molar-refractivity contribution >= 4 is 21.7 Å². The van der Waals surface area contributed by atoms with E-state index in [1.54, 1.807) is 26.4 Å². The Bertz CT molecular complexity index is 495. The molecule has 0 bridgehead atoms. The van der Waals surface area contributed by atoms with Gasteiger partial charge in [-0.25, -0.2) is 0 Å². The van der Waals surface area contributed by atoms with Crippen molar-refractivity contribution in [1.82, 2.24) is 0 Å². The van der Waals surface area contributed by atoms with E-state index in [0.717, 1.165) is 30.3 Å². The van der Waals surface area contributed by atoms with Crippen LogP contribution in [0.1, 0.15) is 42.5 Å². The second-order valence-electron chi connectivity index (χ2n) is 5.14. The van der Waals surface area contributed by atoms with Gasteiger partial charge in [0.1, 0.15) is 0 Å². The third kappa shape index (κ3) is 4.20. The fraction of sp³-hybridized carbons (Fsp3) is 0.562. The molecule has 1 fully saturated rings. The normalized spacial score (nSPS) is 18.3. The number of halogens is 1. The predicted molar refractivity (Wildman–Crippen MR) is 84.4 cm³/mol. The highest BCUT2D eigenvalue weighted by molar-refractivity contribution is 9.10. The lowest BCUT2D eigenvalue weighted by Gasteiger charge is -2.22. The SMILES string of the molecule is COc1cc(Br)c(C(=O)CCC2CCCCO2)cc1OC. The van der Waals surface area contributed by atoms with Crippen LogP contribution in [-0.2, 0) is 4.74 Å². The van der Waals surface area contributed by atoms with Crippen molar-refractivity contribution in [3.05, 3.63) is 22.2 Å². The maximum Gasteiger partial charge on any atom is 0.164 e. The molecule has 0 saturated carbocycles. The lowest BCUT2D eigenvalue weighted by molar-refractivity contribution is 0.0104. The topological polar surface area (TPSA) is 44.8 Å². The Morgan fingerprint density at radius 1 is 1.29 bits per heavy atom. The molecule has 5 heteroatoms. The van der Waals surface area contributed by atoms with Crippen molar-refractivity contribution in [2.45, 2.75) is 38.2 Å². The van der Waals surface area contributed by atoms with E-state index in [1.165, 1.54) is 6.42 Å². The first-order chi connectivity index (χ1) is 10.2. The molecule has 1 aromatic carbocycles. The predicted octanol–water partition coefficient (Wildman–Crippen LogP) is 4.00. The summed E-state index contributed by atoms with van der Waals surface area (Å²) in [6.07, 6.45) is 4.87. The van der Waals surface area contributed by atoms with E-state index < -0.39 is 0 Å². The molecule has 1 aromatic rings. The molecule has 0 radical (unpaired) electrons. The first-order valence-electron chi connectivity index (χ1n) is 7.22. The Kier molecular flexibility index (Phi) is 6.06. The van der Waals surface area contributed by atoms with Crippen LogP contribution in [0.3, 0.4) is 0 Å². The number of hydrogen-bond acceptors (Lipinski definition) is 4. The molecule has 1 unspecified atom stereocenters. The van der Waals surface area contributed by atoms with E-state index in [-0.39, 0.29) is 11.9 Å². The summed E-state index contributed by atoms with van der Waals surface area (Å²) in [4.78, 5) is 12.4. The monoisotopic (exact) mass is 356 g/mol. The lowest BCUT2D eigenvalue weighted by Crippen LogP contribution is -2.20. The highest BCUT2D eigenvalue weighted by atomic mass is 79.9. The van der Waals surface area contributed by atoms with Gasteiger partial charge in [0.15, 0.2) is 17.3 Å². The van der Waals surface area contributed by atoms with Crippen LogP contribution in [0.5, 0.6) is 11.5 Å². The largest absolute Gasteiger partial charge is 0.493 e. The average molecular weight is 357 g/mol. The summed E-state index contributed by atoms with van der Waals surface area (Å²) in [5, 5.41) is 0. The maximum atomic E-state index is 12.4. The van der Waals surface area contributed by atoms with E-state index in [4.69, 9.17) is 14.2 Å². The molecule has 21 heavy (non-hydrogen) atoms. The summed E-state index contributed by atoms with van der Waals surface area (Å²) < 4.78 is 16.9. The molecule has 2 rings (SSSR count). The molecule has 0 aliphatic carbocycles. The second kappa shape index (κ2) is 7.80. The van der Waals surface area contributed by atoms with Gasteiger partial charge in [0.05, 0.1) is 20.3 Å². The Morgan fingerprint density at radius 3 is 2.62 bits per heavy atom. The summed E-state index contributed by atoms with van der Waals surface area (Å²) in [7, 11) is 3.14. The van der Waals surface area contributed by atoms with Gasteiger partial charge < -0.3 is 14.2 Å². The van der Waals surface area contributed by atoms with Gasteiger partial charge in [-0.15, -0.1) is 0 Å². The molecule has 0 spiro atoms. The van der Waals surface area contributed by atoms with E-state index in [0.29, 0.717) is 23.5 Å². The number of hydrogen-bond donors (Lipinski definition) is 0. The first kappa shape index (κ1) is 16.3. The van der Waals surface area contributed by atoms with Crippen LogP contribution in [0, 0.1) is 0 Å². The number of carbonyl (C=O) groups is 1. The van der Waals surface area contributed by atoms with Gasteiger partial charge in [0.25, 0.3) is 0 Å². The minimum atomic E-state index is 0.0944. The van der Waals surface area contributed by atoms with Crippen LogP contribution in [0.4, 0.5) is 0 Å². The summed E-state index contributed by atoms with van der Waals surface area (Å²) in [5.41, 5.74) is 0.628. The van der Waals surface area contributed by atoms with Gasteiger partial charge in [0, 0.05) is 23.1 Å². The number of ketones is 1. The zero-order valence-corrected chi connectivity index (χ0v) is 14.1. The number of carbonyl (C=O) groups excluding carboxylic acids is 1. The number of methoxy groups -OCH3 is 2. The summed E-state index contributed by atoms with van der Waals surface area (Å²) >= 11 is 3.43. The zero-order chi connectivity index (χ0) is 15.2. The molecule has 0 aromatic heterocycles. The molecule has 1 atom stereocenters. The van der Waals surface area contributed by atoms with Crippen LogP contribution in [0.2, 0.25) is 0 Å². The molecule has 1 aliphatic rings. The van der Waals surface area contributed by atoms with Gasteiger partial charge in [0.2, 0.25) is 0 Å². The van der Waals surface area contributed by atoms with E-state index >= 15 is 0 Å². The summed E-state index contributed by atoms with van der Waals surface area (Å²) in [6, 6.07) is 3.50. The Hall–Kier alpha value is -1.07. The smallest absolute Gasteiger partial charge is 0.164 e. The first-order valence-corrected chi connectivity index (χ1v) is 8.01. The number of Topliss-reactive ketones (excluding diaryl/α,β-unsaturated/α-hetero) is 1. The zero-order valence-electron chi connectivity index (χ0n) is 12.5. The van der Waals surface area contributed by atoms with E-state index in [1.807, 2.05) is 0 Å². The Morgan fingerprint density at radius 2 is 2.00 bits per heavy atom. The Balaban J connectivity index is 2.04. The van der Waals surface area contributed by atoms with Crippen LogP contribution >= 0.6 is 15.9 Å². The minimum absolute atomic E-state index is 0.0944. The third-order valence-corrected chi connectivity index (χ3v) is 4.40. The van der Waals surface area contributed by atoms with Crippen LogP contribution < -0.4 is 9.47 Å². The average Bonchev–Trinajstić information content (AvgIpc) is 2.53. The van der Waals surface area contributed by atoms with Crippen molar-refractivity contribution in [3.8, 4) is 11.5 Å². The quantitative estimate of drug-likeness (QED) is 0.722. The molecule has 1 saturated heterocycles. The van der Waals surface area contributed by atoms with Gasteiger partial charge in [-0.1, -0.05) is 0 Å². The fourth-order valence-corrected chi connectivity index (χ4v) is 3.07. The standard InChI is InChI=1S/C16H21BrO4/c1-19-15-9-12(13(17)10-16(15)20-2)14(18)7-6-11-5-3-4-8-21-11/h9-11H,3-8H2,1-2H3. The molecule has 1 aliphatic heterocycles. The van der Waals surface area contributed by atoms with Gasteiger partial charge in [-0.3, -0.25) is 4.79 Å². The van der Waals surface area contributed by atoms with Crippen molar-refractivity contribution in [1.29, 1.82) is 0 Å². The summed E-state index contributed by atoms with van der Waals surface area (Å²) in [6.45, 7) is 0.818. The van der Waals surface area contributed by atoms with Crippen LogP contribution in [-0.4, -0.2) is 32.7 Å². The molecule has 0 amide bonds. The van der Waals surface area contributed by atoms with E-state index in [9.17, 15) is 4.79 Å². The fourth-order valence-electron chi connectivity index (χ4n) is 2.53. The van der Waals surface area contributed by atoms with Gasteiger partial charge in [-0.2, -0.15) is 0 Å². The van der Waals surface area contributed by atoms with Crippen LogP contribution in [0.25, 0.3) is 0 Å².